The van der Waals surface area contributed by atoms with Crippen molar-refractivity contribution in [1.29, 1.82) is 0 Å². The lowest BCUT2D eigenvalue weighted by molar-refractivity contribution is 0.0785. The van der Waals surface area contributed by atoms with Gasteiger partial charge in [0, 0.05) is 13.1 Å². The Bertz CT molecular complexity index is 672. The summed E-state index contributed by atoms with van der Waals surface area (Å²) < 4.78 is 25.9. The average molecular weight is 312 g/mol. The largest absolute Gasteiger partial charge is 0.336 e. The van der Waals surface area contributed by atoms with Gasteiger partial charge in [-0.15, -0.1) is 0 Å². The van der Waals surface area contributed by atoms with Gasteiger partial charge in [-0.05, 0) is 34.2 Å². The molecule has 1 aliphatic heterocycles. The lowest BCUT2D eigenvalue weighted by Gasteiger charge is -2.17. The first kappa shape index (κ1) is 15.8. The quantitative estimate of drug-likeness (QED) is 0.858. The number of carbonyl (C=O) groups is 1. The van der Waals surface area contributed by atoms with E-state index >= 15 is 0 Å². The number of aryl methyl sites for hydroxylation is 3. The van der Waals surface area contributed by atoms with Crippen LogP contribution in [-0.4, -0.2) is 54.6 Å². The highest BCUT2D eigenvalue weighted by atomic mass is 32.2. The second kappa shape index (κ2) is 5.69. The zero-order chi connectivity index (χ0) is 15.8. The van der Waals surface area contributed by atoms with Crippen molar-refractivity contribution >= 4 is 15.9 Å². The first-order valence-electron chi connectivity index (χ1n) is 6.79. The molecule has 2 rings (SSSR count). The molecule has 116 valence electrons. The van der Waals surface area contributed by atoms with E-state index in [2.05, 4.69) is 14.7 Å². The molecule has 7 nitrogen and oxygen atoms in total. The third-order valence-corrected chi connectivity index (χ3v) is 5.67. The minimum Gasteiger partial charge on any atom is -0.336 e. The summed E-state index contributed by atoms with van der Waals surface area (Å²) in [7, 11) is -1.96. The lowest BCUT2D eigenvalue weighted by Crippen LogP contribution is -2.36. The summed E-state index contributed by atoms with van der Waals surface area (Å²) in [6.45, 7) is 5.99. The van der Waals surface area contributed by atoms with Crippen LogP contribution in [0.5, 0.6) is 0 Å². The lowest BCUT2D eigenvalue weighted by atomic mass is 10.2. The molecule has 1 aliphatic rings. The SMILES string of the molecule is CNS(=O)(=O)C1CCN(C(=O)c2nc(C)c(C)nc2C)C1. The van der Waals surface area contributed by atoms with Crippen LogP contribution in [0.1, 0.15) is 34.0 Å². The molecule has 1 N–H and O–H groups in total. The molecule has 1 atom stereocenters. The van der Waals surface area contributed by atoms with E-state index < -0.39 is 15.3 Å². The summed E-state index contributed by atoms with van der Waals surface area (Å²) in [5.41, 5.74) is 2.38. The van der Waals surface area contributed by atoms with Gasteiger partial charge in [-0.1, -0.05) is 0 Å². The Balaban J connectivity index is 2.21. The first-order valence-corrected chi connectivity index (χ1v) is 8.34. The Morgan fingerprint density at radius 1 is 1.19 bits per heavy atom. The Hall–Kier alpha value is -1.54. The van der Waals surface area contributed by atoms with Gasteiger partial charge in [-0.25, -0.2) is 18.1 Å². The van der Waals surface area contributed by atoms with Crippen LogP contribution in [0.25, 0.3) is 0 Å². The maximum Gasteiger partial charge on any atom is 0.274 e. The zero-order valence-corrected chi connectivity index (χ0v) is 13.5. The van der Waals surface area contributed by atoms with Gasteiger partial charge in [0.1, 0.15) is 5.69 Å². The van der Waals surface area contributed by atoms with E-state index in [0.717, 1.165) is 5.69 Å². The van der Waals surface area contributed by atoms with Crippen molar-refractivity contribution in [3.63, 3.8) is 0 Å². The van der Waals surface area contributed by atoms with Gasteiger partial charge in [-0.2, -0.15) is 0 Å². The standard InChI is InChI=1S/C13H20N4O3S/c1-8-9(2)16-12(10(3)15-8)13(18)17-6-5-11(7-17)21(19,20)14-4/h11,14H,5-7H2,1-4H3. The van der Waals surface area contributed by atoms with Crippen molar-refractivity contribution in [2.45, 2.75) is 32.4 Å². The smallest absolute Gasteiger partial charge is 0.274 e. The average Bonchev–Trinajstić information content (AvgIpc) is 2.92. The number of sulfonamides is 1. The van der Waals surface area contributed by atoms with E-state index in [1.165, 1.54) is 11.9 Å². The molecule has 1 aromatic heterocycles. The fourth-order valence-electron chi connectivity index (χ4n) is 2.40. The van der Waals surface area contributed by atoms with Crippen LogP contribution in [0.3, 0.4) is 0 Å². The van der Waals surface area contributed by atoms with Crippen molar-refractivity contribution in [1.82, 2.24) is 19.6 Å². The third kappa shape index (κ3) is 3.06. The summed E-state index contributed by atoms with van der Waals surface area (Å²) in [6, 6.07) is 0. The maximum atomic E-state index is 12.5. The summed E-state index contributed by atoms with van der Waals surface area (Å²) in [5, 5.41) is -0.564. The minimum absolute atomic E-state index is 0.191. The molecule has 0 saturated carbocycles. The molecule has 2 heterocycles. The highest BCUT2D eigenvalue weighted by Gasteiger charge is 2.35. The number of nitrogens with zero attached hydrogens (tertiary/aromatic N) is 3. The van der Waals surface area contributed by atoms with E-state index in [0.29, 0.717) is 30.0 Å². The van der Waals surface area contributed by atoms with Gasteiger partial charge in [0.2, 0.25) is 10.0 Å². The Morgan fingerprint density at radius 2 is 1.81 bits per heavy atom. The van der Waals surface area contributed by atoms with Gasteiger partial charge in [0.15, 0.2) is 0 Å². The monoisotopic (exact) mass is 312 g/mol. The number of carbonyl (C=O) groups excluding carboxylic acids is 1. The Labute approximate surface area is 124 Å². The van der Waals surface area contributed by atoms with Gasteiger partial charge in [0.25, 0.3) is 5.91 Å². The molecule has 0 aromatic carbocycles. The molecular weight excluding hydrogens is 292 g/mol. The van der Waals surface area contributed by atoms with Gasteiger partial charge < -0.3 is 4.90 Å². The van der Waals surface area contributed by atoms with Crippen molar-refractivity contribution in [2.24, 2.45) is 0 Å². The van der Waals surface area contributed by atoms with E-state index in [9.17, 15) is 13.2 Å². The second-order valence-electron chi connectivity index (χ2n) is 5.24. The summed E-state index contributed by atoms with van der Waals surface area (Å²) in [6.07, 6.45) is 0.437. The molecule has 21 heavy (non-hydrogen) atoms. The van der Waals surface area contributed by atoms with Gasteiger partial charge >= 0.3 is 0 Å². The highest BCUT2D eigenvalue weighted by molar-refractivity contribution is 7.90. The summed E-state index contributed by atoms with van der Waals surface area (Å²) in [5.74, 6) is -0.253. The van der Waals surface area contributed by atoms with Crippen LogP contribution in [0.2, 0.25) is 0 Å². The fraction of sp³-hybridized carbons (Fsp3) is 0.615. The van der Waals surface area contributed by atoms with Crippen LogP contribution >= 0.6 is 0 Å². The summed E-state index contributed by atoms with van der Waals surface area (Å²) >= 11 is 0. The van der Waals surface area contributed by atoms with Crippen molar-refractivity contribution < 1.29 is 13.2 Å². The Kier molecular flexibility index (Phi) is 4.29. The predicted octanol–water partition coefficient (Wildman–Crippen LogP) is 0.166. The van der Waals surface area contributed by atoms with Crippen LogP contribution in [-0.2, 0) is 10.0 Å². The van der Waals surface area contributed by atoms with Crippen molar-refractivity contribution in [3.05, 3.63) is 22.8 Å². The predicted molar refractivity (Wildman–Crippen MR) is 78.5 cm³/mol. The zero-order valence-electron chi connectivity index (χ0n) is 12.7. The number of hydrogen-bond donors (Lipinski definition) is 1. The van der Waals surface area contributed by atoms with Crippen LogP contribution in [0.4, 0.5) is 0 Å². The van der Waals surface area contributed by atoms with Crippen molar-refractivity contribution in [3.8, 4) is 0 Å². The molecule has 0 spiro atoms. The van der Waals surface area contributed by atoms with Gasteiger partial charge in [0.05, 0.1) is 22.3 Å². The molecule has 1 fully saturated rings. The number of nitrogens with one attached hydrogen (secondary N) is 1. The minimum atomic E-state index is -3.35. The number of likely N-dealkylation sites (tertiary alicyclic amines) is 1. The Morgan fingerprint density at radius 3 is 2.43 bits per heavy atom. The molecule has 1 unspecified atom stereocenters. The molecule has 0 bridgehead atoms. The van der Waals surface area contributed by atoms with Gasteiger partial charge in [-0.3, -0.25) is 9.78 Å². The normalized spacial score (nSPS) is 19.0. The topological polar surface area (TPSA) is 92.3 Å². The first-order chi connectivity index (χ1) is 9.76. The van der Waals surface area contributed by atoms with E-state index in [1.807, 2.05) is 6.92 Å². The number of amides is 1. The molecule has 1 amide bonds. The molecule has 1 saturated heterocycles. The van der Waals surface area contributed by atoms with Crippen LogP contribution < -0.4 is 4.72 Å². The molecule has 8 heteroatoms. The molecular formula is C13H20N4O3S. The maximum absolute atomic E-state index is 12.5. The van der Waals surface area contributed by atoms with Crippen LogP contribution in [0.15, 0.2) is 0 Å². The number of hydrogen-bond acceptors (Lipinski definition) is 5. The number of aromatic nitrogens is 2. The van der Waals surface area contributed by atoms with E-state index in [-0.39, 0.29) is 12.5 Å². The van der Waals surface area contributed by atoms with E-state index in [4.69, 9.17) is 0 Å². The van der Waals surface area contributed by atoms with Crippen LogP contribution in [0, 0.1) is 20.8 Å². The molecule has 0 aliphatic carbocycles. The number of rotatable bonds is 3. The molecule has 0 radical (unpaired) electrons. The summed E-state index contributed by atoms with van der Waals surface area (Å²) in [4.78, 5) is 22.6. The van der Waals surface area contributed by atoms with E-state index in [1.54, 1.807) is 13.8 Å². The second-order valence-corrected chi connectivity index (χ2v) is 7.40. The highest BCUT2D eigenvalue weighted by Crippen LogP contribution is 2.19. The fourth-order valence-corrected chi connectivity index (χ4v) is 3.53. The molecule has 1 aromatic rings. The third-order valence-electron chi connectivity index (χ3n) is 3.84. The van der Waals surface area contributed by atoms with Crippen molar-refractivity contribution in [2.75, 3.05) is 20.1 Å².